The first-order valence-electron chi connectivity index (χ1n) is 9.40. The number of aliphatic hydroxyl groups is 1. The van der Waals surface area contributed by atoms with Crippen LogP contribution in [0.15, 0.2) is 24.3 Å². The summed E-state index contributed by atoms with van der Waals surface area (Å²) in [5.41, 5.74) is 0.133. The smallest absolute Gasteiger partial charge is 0.236 e. The van der Waals surface area contributed by atoms with Crippen LogP contribution in [0, 0.1) is 0 Å². The number of amides is 1. The average Bonchev–Trinajstić information content (AvgIpc) is 2.64. The largest absolute Gasteiger partial charge is 0.497 e. The van der Waals surface area contributed by atoms with Crippen LogP contribution in [0.3, 0.4) is 0 Å². The molecule has 0 saturated carbocycles. The number of benzene rings is 1. The molecule has 138 valence electrons. The van der Waals surface area contributed by atoms with Crippen molar-refractivity contribution in [3.63, 3.8) is 0 Å². The van der Waals surface area contributed by atoms with Gasteiger partial charge in [-0.25, -0.2) is 0 Å². The van der Waals surface area contributed by atoms with Gasteiger partial charge in [0.25, 0.3) is 0 Å². The fraction of sp³-hybridized carbons (Fsp3) is 0.650. The van der Waals surface area contributed by atoms with Crippen molar-refractivity contribution in [2.24, 2.45) is 0 Å². The van der Waals surface area contributed by atoms with Crippen LogP contribution in [0.1, 0.15) is 44.6 Å². The van der Waals surface area contributed by atoms with Crippen molar-refractivity contribution in [3.05, 3.63) is 29.8 Å². The lowest BCUT2D eigenvalue weighted by atomic mass is 9.84. The molecule has 1 N–H and O–H groups in total. The molecule has 1 atom stereocenters. The van der Waals surface area contributed by atoms with Gasteiger partial charge in [0.05, 0.1) is 19.3 Å². The number of carbonyl (C=O) groups excluding carboxylic acids is 1. The second-order valence-electron chi connectivity index (χ2n) is 7.47. The Morgan fingerprint density at radius 3 is 2.48 bits per heavy atom. The number of nitrogens with zero attached hydrogens (tertiary/aromatic N) is 2. The van der Waals surface area contributed by atoms with E-state index in [1.165, 1.54) is 6.42 Å². The van der Waals surface area contributed by atoms with Crippen LogP contribution in [0.2, 0.25) is 0 Å². The van der Waals surface area contributed by atoms with Crippen molar-refractivity contribution >= 4 is 5.91 Å². The molecular weight excluding hydrogens is 316 g/mol. The highest BCUT2D eigenvalue weighted by atomic mass is 16.5. The third kappa shape index (κ3) is 4.15. The first-order chi connectivity index (χ1) is 12.0. The zero-order chi connectivity index (χ0) is 17.9. The molecule has 5 nitrogen and oxygen atoms in total. The van der Waals surface area contributed by atoms with Gasteiger partial charge >= 0.3 is 0 Å². The second kappa shape index (κ2) is 7.75. The van der Waals surface area contributed by atoms with Crippen LogP contribution in [0.25, 0.3) is 0 Å². The molecule has 0 bridgehead atoms. The van der Waals surface area contributed by atoms with Crippen molar-refractivity contribution in [2.45, 2.75) is 50.7 Å². The van der Waals surface area contributed by atoms with Crippen molar-refractivity contribution in [1.82, 2.24) is 9.80 Å². The maximum atomic E-state index is 12.6. The molecule has 1 amide bonds. The monoisotopic (exact) mass is 346 g/mol. The SMILES string of the molecule is COc1ccc(C2(O)CCN(CC(=O)N3CCCCC3C)CC2)cc1. The molecule has 5 heteroatoms. The molecule has 0 aromatic heterocycles. The van der Waals surface area contributed by atoms with E-state index < -0.39 is 5.60 Å². The van der Waals surface area contributed by atoms with E-state index >= 15 is 0 Å². The van der Waals surface area contributed by atoms with Crippen molar-refractivity contribution in [1.29, 1.82) is 0 Å². The number of ether oxygens (including phenoxy) is 1. The molecule has 1 aromatic carbocycles. The average molecular weight is 346 g/mol. The lowest BCUT2D eigenvalue weighted by molar-refractivity contribution is -0.137. The normalized spacial score (nSPS) is 24.1. The van der Waals surface area contributed by atoms with Crippen LogP contribution in [-0.2, 0) is 10.4 Å². The minimum atomic E-state index is -0.801. The molecule has 1 unspecified atom stereocenters. The maximum Gasteiger partial charge on any atom is 0.236 e. The topological polar surface area (TPSA) is 53.0 Å². The fourth-order valence-corrected chi connectivity index (χ4v) is 4.02. The zero-order valence-electron chi connectivity index (χ0n) is 15.4. The van der Waals surface area contributed by atoms with Crippen molar-refractivity contribution in [2.75, 3.05) is 33.3 Å². The van der Waals surface area contributed by atoms with E-state index in [1.807, 2.05) is 29.2 Å². The Labute approximate surface area is 150 Å². The minimum absolute atomic E-state index is 0.238. The maximum absolute atomic E-state index is 12.6. The Morgan fingerprint density at radius 2 is 1.88 bits per heavy atom. The summed E-state index contributed by atoms with van der Waals surface area (Å²) in [7, 11) is 1.64. The summed E-state index contributed by atoms with van der Waals surface area (Å²) in [5.74, 6) is 1.04. The molecule has 0 aliphatic carbocycles. The third-order valence-electron chi connectivity index (χ3n) is 5.79. The quantitative estimate of drug-likeness (QED) is 0.909. The third-order valence-corrected chi connectivity index (χ3v) is 5.79. The lowest BCUT2D eigenvalue weighted by Gasteiger charge is -2.40. The summed E-state index contributed by atoms with van der Waals surface area (Å²) in [6.45, 7) is 5.01. The Hall–Kier alpha value is -1.59. The number of piperidine rings is 2. The Bertz CT molecular complexity index is 579. The molecular formula is C20H30N2O3. The summed E-state index contributed by atoms with van der Waals surface area (Å²) in [6.07, 6.45) is 4.77. The van der Waals surface area contributed by atoms with E-state index in [0.717, 1.165) is 43.8 Å². The van der Waals surface area contributed by atoms with E-state index in [-0.39, 0.29) is 5.91 Å². The second-order valence-corrected chi connectivity index (χ2v) is 7.47. The van der Waals surface area contributed by atoms with Gasteiger partial charge in [0, 0.05) is 25.7 Å². The lowest BCUT2D eigenvalue weighted by Crippen LogP contribution is -2.50. The summed E-state index contributed by atoms with van der Waals surface area (Å²) in [6, 6.07) is 8.02. The van der Waals surface area contributed by atoms with E-state index in [0.29, 0.717) is 25.4 Å². The molecule has 25 heavy (non-hydrogen) atoms. The predicted octanol–water partition coefficient (Wildman–Crippen LogP) is 2.38. The summed E-state index contributed by atoms with van der Waals surface area (Å²) in [4.78, 5) is 16.8. The van der Waals surface area contributed by atoms with Crippen molar-refractivity contribution < 1.29 is 14.6 Å². The standard InChI is InChI=1S/C20H30N2O3/c1-16-5-3-4-12-22(16)19(23)15-21-13-10-20(24,11-14-21)17-6-8-18(25-2)9-7-17/h6-9,16,24H,3-5,10-15H2,1-2H3. The van der Waals surface area contributed by atoms with E-state index in [9.17, 15) is 9.90 Å². The zero-order valence-corrected chi connectivity index (χ0v) is 15.4. The van der Waals surface area contributed by atoms with Gasteiger partial charge in [-0.05, 0) is 56.7 Å². The molecule has 0 radical (unpaired) electrons. The van der Waals surface area contributed by atoms with Crippen LogP contribution in [0.4, 0.5) is 0 Å². The van der Waals surface area contributed by atoms with Crippen LogP contribution < -0.4 is 4.74 Å². The van der Waals surface area contributed by atoms with Crippen molar-refractivity contribution in [3.8, 4) is 5.75 Å². The van der Waals surface area contributed by atoms with Gasteiger partial charge in [-0.2, -0.15) is 0 Å². The molecule has 0 spiro atoms. The number of methoxy groups -OCH3 is 1. The first kappa shape index (κ1) is 18.2. The van der Waals surface area contributed by atoms with Gasteiger partial charge in [-0.3, -0.25) is 9.69 Å². The highest BCUT2D eigenvalue weighted by Gasteiger charge is 2.35. The predicted molar refractivity (Wildman–Crippen MR) is 97.6 cm³/mol. The molecule has 3 rings (SSSR count). The van der Waals surface area contributed by atoms with Gasteiger partial charge in [0.15, 0.2) is 0 Å². The summed E-state index contributed by atoms with van der Waals surface area (Å²) < 4.78 is 5.18. The van der Waals surface area contributed by atoms with Gasteiger partial charge in [-0.1, -0.05) is 12.1 Å². The van der Waals surface area contributed by atoms with E-state index in [2.05, 4.69) is 11.8 Å². The molecule has 2 aliphatic heterocycles. The fourth-order valence-electron chi connectivity index (χ4n) is 4.02. The Morgan fingerprint density at radius 1 is 1.20 bits per heavy atom. The summed E-state index contributed by atoms with van der Waals surface area (Å²) in [5, 5.41) is 11.0. The number of likely N-dealkylation sites (tertiary alicyclic amines) is 2. The summed E-state index contributed by atoms with van der Waals surface area (Å²) >= 11 is 0. The van der Waals surface area contributed by atoms with E-state index in [4.69, 9.17) is 4.74 Å². The highest BCUT2D eigenvalue weighted by molar-refractivity contribution is 5.78. The number of hydrogen-bond donors (Lipinski definition) is 1. The van der Waals surface area contributed by atoms with Gasteiger partial charge in [0.2, 0.25) is 5.91 Å². The van der Waals surface area contributed by atoms with Crippen LogP contribution in [0.5, 0.6) is 5.75 Å². The molecule has 2 fully saturated rings. The molecule has 2 aliphatic rings. The molecule has 2 saturated heterocycles. The number of hydrogen-bond acceptors (Lipinski definition) is 4. The Kier molecular flexibility index (Phi) is 5.64. The van der Waals surface area contributed by atoms with Gasteiger partial charge in [-0.15, -0.1) is 0 Å². The molecule has 1 aromatic rings. The van der Waals surface area contributed by atoms with Crippen LogP contribution in [-0.4, -0.2) is 60.1 Å². The highest BCUT2D eigenvalue weighted by Crippen LogP contribution is 2.33. The number of rotatable bonds is 4. The van der Waals surface area contributed by atoms with Gasteiger partial charge < -0.3 is 14.7 Å². The van der Waals surface area contributed by atoms with Crippen LogP contribution >= 0.6 is 0 Å². The first-order valence-corrected chi connectivity index (χ1v) is 9.40. The Balaban J connectivity index is 1.54. The number of carbonyl (C=O) groups is 1. The van der Waals surface area contributed by atoms with Gasteiger partial charge in [0.1, 0.15) is 5.75 Å². The minimum Gasteiger partial charge on any atom is -0.497 e. The van der Waals surface area contributed by atoms with E-state index in [1.54, 1.807) is 7.11 Å². The molecule has 2 heterocycles.